The van der Waals surface area contributed by atoms with E-state index in [-0.39, 0.29) is 11.7 Å². The highest BCUT2D eigenvalue weighted by molar-refractivity contribution is 6.16. The van der Waals surface area contributed by atoms with Gasteiger partial charge in [-0.25, -0.2) is 9.79 Å². The highest BCUT2D eigenvalue weighted by Gasteiger charge is 2.46. The molecule has 2 aliphatic rings. The van der Waals surface area contributed by atoms with Gasteiger partial charge in [0, 0.05) is 6.54 Å². The van der Waals surface area contributed by atoms with Gasteiger partial charge in [0.1, 0.15) is 11.7 Å². The Morgan fingerprint density at radius 2 is 1.92 bits per heavy atom. The summed E-state index contributed by atoms with van der Waals surface area (Å²) in [4.78, 5) is 30.6. The predicted octanol–water partition coefficient (Wildman–Crippen LogP) is 2.26. The maximum atomic E-state index is 13.0. The Morgan fingerprint density at radius 1 is 1.12 bits per heavy atom. The molecule has 25 heavy (non-hydrogen) atoms. The predicted molar refractivity (Wildman–Crippen MR) is 92.2 cm³/mol. The van der Waals surface area contributed by atoms with Gasteiger partial charge in [0.15, 0.2) is 0 Å². The molecule has 2 atom stereocenters. The molecule has 0 radical (unpaired) electrons. The van der Waals surface area contributed by atoms with Crippen molar-refractivity contribution < 1.29 is 14.7 Å². The molecule has 2 aromatic carbocycles. The van der Waals surface area contributed by atoms with Gasteiger partial charge in [0.25, 0.3) is 0 Å². The number of rotatable bonds is 3. The Morgan fingerprint density at radius 3 is 2.68 bits per heavy atom. The lowest BCUT2D eigenvalue weighted by molar-refractivity contribution is -0.131. The fourth-order valence-electron chi connectivity index (χ4n) is 3.46. The molecule has 2 unspecified atom stereocenters. The monoisotopic (exact) mass is 335 g/mol. The Kier molecular flexibility index (Phi) is 3.72. The first-order valence-electron chi connectivity index (χ1n) is 8.11. The second kappa shape index (κ2) is 6.05. The minimum absolute atomic E-state index is 0.0593. The average molecular weight is 335 g/mol. The fourth-order valence-corrected chi connectivity index (χ4v) is 3.46. The number of nitrogens with zero attached hydrogens (tertiary/aromatic N) is 2. The van der Waals surface area contributed by atoms with Crippen molar-refractivity contribution in [2.24, 2.45) is 10.9 Å². The van der Waals surface area contributed by atoms with Crippen LogP contribution in [0.25, 0.3) is 0 Å². The van der Waals surface area contributed by atoms with Crippen molar-refractivity contribution in [1.82, 2.24) is 10.2 Å². The summed E-state index contributed by atoms with van der Waals surface area (Å²) >= 11 is 0. The van der Waals surface area contributed by atoms with Crippen LogP contribution in [-0.2, 0) is 11.3 Å². The summed E-state index contributed by atoms with van der Waals surface area (Å²) in [5, 5.41) is 12.5. The molecule has 1 fully saturated rings. The first-order chi connectivity index (χ1) is 12.1. The number of aromatic hydroxyl groups is 1. The molecular formula is C19H17N3O3. The number of benzene rings is 2. The molecule has 0 saturated carbocycles. The van der Waals surface area contributed by atoms with Gasteiger partial charge in [-0.3, -0.25) is 4.79 Å². The normalized spacial score (nSPS) is 22.4. The lowest BCUT2D eigenvalue weighted by Gasteiger charge is -2.27. The van der Waals surface area contributed by atoms with Crippen LogP contribution in [0, 0.1) is 5.92 Å². The van der Waals surface area contributed by atoms with Crippen LogP contribution in [0.1, 0.15) is 17.2 Å². The molecule has 2 N–H and O–H groups in total. The van der Waals surface area contributed by atoms with Gasteiger partial charge in [-0.2, -0.15) is 0 Å². The minimum Gasteiger partial charge on any atom is -0.508 e. The van der Waals surface area contributed by atoms with E-state index in [2.05, 4.69) is 10.3 Å². The lowest BCUT2D eigenvalue weighted by atomic mass is 9.89. The number of phenols is 1. The van der Waals surface area contributed by atoms with E-state index in [0.29, 0.717) is 24.4 Å². The van der Waals surface area contributed by atoms with Crippen LogP contribution in [0.4, 0.5) is 4.79 Å². The van der Waals surface area contributed by atoms with Crippen LogP contribution >= 0.6 is 0 Å². The second-order valence-electron chi connectivity index (χ2n) is 6.28. The highest BCUT2D eigenvalue weighted by atomic mass is 16.3. The SMILES string of the molecule is O=C1N=C2CN(Cc3ccccc3)C(=O)C2C(c2cccc(O)c2)N1. The summed E-state index contributed by atoms with van der Waals surface area (Å²) in [6.07, 6.45) is 0. The van der Waals surface area contributed by atoms with Crippen molar-refractivity contribution in [3.05, 3.63) is 65.7 Å². The van der Waals surface area contributed by atoms with Crippen molar-refractivity contribution in [3.63, 3.8) is 0 Å². The minimum atomic E-state index is -0.525. The van der Waals surface area contributed by atoms with Crippen molar-refractivity contribution in [1.29, 1.82) is 0 Å². The van der Waals surface area contributed by atoms with Gasteiger partial charge in [-0.05, 0) is 23.3 Å². The van der Waals surface area contributed by atoms with Gasteiger partial charge >= 0.3 is 6.03 Å². The number of aliphatic imine (C=N–C) groups is 1. The van der Waals surface area contributed by atoms with Crippen LogP contribution in [0.3, 0.4) is 0 Å². The number of hydrogen-bond donors (Lipinski definition) is 2. The van der Waals surface area contributed by atoms with Crippen molar-refractivity contribution >= 4 is 17.6 Å². The molecule has 4 rings (SSSR count). The Hall–Kier alpha value is -3.15. The van der Waals surface area contributed by atoms with E-state index in [9.17, 15) is 14.7 Å². The number of likely N-dealkylation sites (tertiary alicyclic amines) is 1. The van der Waals surface area contributed by atoms with Crippen LogP contribution in [-0.4, -0.2) is 34.2 Å². The number of carbonyl (C=O) groups is 2. The third kappa shape index (κ3) is 2.87. The summed E-state index contributed by atoms with van der Waals surface area (Å²) in [7, 11) is 0. The fraction of sp³-hybridized carbons (Fsp3) is 0.211. The van der Waals surface area contributed by atoms with Crippen LogP contribution in [0.2, 0.25) is 0 Å². The number of hydrogen-bond acceptors (Lipinski definition) is 3. The summed E-state index contributed by atoms with van der Waals surface area (Å²) in [5.41, 5.74) is 2.31. The molecule has 0 bridgehead atoms. The number of carbonyl (C=O) groups excluding carboxylic acids is 2. The smallest absolute Gasteiger partial charge is 0.341 e. The van der Waals surface area contributed by atoms with Gasteiger partial charge in [-0.15, -0.1) is 0 Å². The molecule has 6 heteroatoms. The van der Waals surface area contributed by atoms with E-state index < -0.39 is 18.0 Å². The average Bonchev–Trinajstić information content (AvgIpc) is 2.90. The molecule has 3 amide bonds. The topological polar surface area (TPSA) is 82.0 Å². The molecule has 0 aromatic heterocycles. The molecule has 1 saturated heterocycles. The third-order valence-corrected chi connectivity index (χ3v) is 4.59. The van der Waals surface area contributed by atoms with Crippen molar-refractivity contribution in [2.75, 3.05) is 6.54 Å². The zero-order valence-electron chi connectivity index (χ0n) is 13.4. The molecule has 6 nitrogen and oxygen atoms in total. The van der Waals surface area contributed by atoms with E-state index in [0.717, 1.165) is 5.56 Å². The first-order valence-corrected chi connectivity index (χ1v) is 8.11. The van der Waals surface area contributed by atoms with Gasteiger partial charge in [-0.1, -0.05) is 42.5 Å². The molecule has 2 aromatic rings. The van der Waals surface area contributed by atoms with Gasteiger partial charge in [0.05, 0.1) is 18.3 Å². The van der Waals surface area contributed by atoms with Crippen molar-refractivity contribution in [2.45, 2.75) is 12.6 Å². The maximum Gasteiger partial charge on any atom is 0.341 e. The summed E-state index contributed by atoms with van der Waals surface area (Å²) in [6.45, 7) is 0.831. The molecule has 0 spiro atoms. The van der Waals surface area contributed by atoms with Crippen LogP contribution < -0.4 is 5.32 Å². The third-order valence-electron chi connectivity index (χ3n) is 4.59. The summed E-state index contributed by atoms with van der Waals surface area (Å²) < 4.78 is 0. The zero-order valence-corrected chi connectivity index (χ0v) is 13.4. The molecule has 2 aliphatic heterocycles. The summed E-state index contributed by atoms with van der Waals surface area (Å²) in [6, 6.07) is 15.4. The van der Waals surface area contributed by atoms with Gasteiger partial charge < -0.3 is 15.3 Å². The Labute approximate surface area is 144 Å². The second-order valence-corrected chi connectivity index (χ2v) is 6.28. The van der Waals surface area contributed by atoms with Crippen LogP contribution in [0.15, 0.2) is 59.6 Å². The number of fused-ring (bicyclic) bond motifs is 1. The molecular weight excluding hydrogens is 318 g/mol. The first kappa shape index (κ1) is 15.4. The Bertz CT molecular complexity index is 863. The van der Waals surface area contributed by atoms with E-state index >= 15 is 0 Å². The van der Waals surface area contributed by atoms with E-state index in [4.69, 9.17) is 0 Å². The number of phenolic OH excluding ortho intramolecular Hbond substituents is 1. The largest absolute Gasteiger partial charge is 0.508 e. The van der Waals surface area contributed by atoms with E-state index in [1.165, 1.54) is 0 Å². The number of urea groups is 1. The quantitative estimate of drug-likeness (QED) is 0.902. The highest BCUT2D eigenvalue weighted by Crippen LogP contribution is 2.34. The van der Waals surface area contributed by atoms with Crippen molar-refractivity contribution in [3.8, 4) is 5.75 Å². The lowest BCUT2D eigenvalue weighted by Crippen LogP contribution is -2.42. The Balaban J connectivity index is 1.64. The molecule has 126 valence electrons. The number of nitrogens with one attached hydrogen (secondary N) is 1. The van der Waals surface area contributed by atoms with Gasteiger partial charge in [0.2, 0.25) is 5.91 Å². The molecule has 0 aliphatic carbocycles. The van der Waals surface area contributed by atoms with E-state index in [1.807, 2.05) is 30.3 Å². The maximum absolute atomic E-state index is 13.0. The molecule has 2 heterocycles. The van der Waals surface area contributed by atoms with Crippen LogP contribution in [0.5, 0.6) is 5.75 Å². The number of amides is 3. The summed E-state index contributed by atoms with van der Waals surface area (Å²) in [5.74, 6) is -0.485. The van der Waals surface area contributed by atoms with E-state index in [1.54, 1.807) is 29.2 Å². The zero-order chi connectivity index (χ0) is 17.4. The standard InChI is InChI=1S/C19H17N3O3/c23-14-8-4-7-13(9-14)17-16-15(20-19(25)21-17)11-22(18(16)24)10-12-5-2-1-3-6-12/h1-9,16-17,23H,10-11H2,(H,21,25).